The van der Waals surface area contributed by atoms with Crippen molar-refractivity contribution in [1.82, 2.24) is 14.5 Å². The SMILES string of the molecule is CCOc1cc(CN2C[C@@H]3CCOC[C@]3(CO)C2)ccc1OCCn1ccnc1. The number of fused-ring (bicyclic) bond motifs is 1. The minimum atomic E-state index is -0.0998. The predicted molar refractivity (Wildman–Crippen MR) is 109 cm³/mol. The zero-order valence-electron chi connectivity index (χ0n) is 17.1. The van der Waals surface area contributed by atoms with Gasteiger partial charge in [0.25, 0.3) is 0 Å². The minimum Gasteiger partial charge on any atom is -0.490 e. The lowest BCUT2D eigenvalue weighted by molar-refractivity contribution is -0.0561. The summed E-state index contributed by atoms with van der Waals surface area (Å²) in [6.45, 7) is 8.28. The Morgan fingerprint density at radius 2 is 2.24 bits per heavy atom. The van der Waals surface area contributed by atoms with E-state index in [1.165, 1.54) is 5.56 Å². The molecule has 0 bridgehead atoms. The maximum absolute atomic E-state index is 9.99. The average Bonchev–Trinajstić information content (AvgIpc) is 3.37. The average molecular weight is 402 g/mol. The quantitative estimate of drug-likeness (QED) is 0.695. The van der Waals surface area contributed by atoms with E-state index in [0.717, 1.165) is 50.7 Å². The summed E-state index contributed by atoms with van der Waals surface area (Å²) < 4.78 is 19.5. The Hall–Kier alpha value is -2.09. The van der Waals surface area contributed by atoms with Crippen molar-refractivity contribution in [2.75, 3.05) is 46.1 Å². The lowest BCUT2D eigenvalue weighted by Gasteiger charge is -2.36. The molecule has 29 heavy (non-hydrogen) atoms. The van der Waals surface area contributed by atoms with E-state index >= 15 is 0 Å². The number of imidazole rings is 1. The van der Waals surface area contributed by atoms with Crippen LogP contribution in [0.2, 0.25) is 0 Å². The van der Waals surface area contributed by atoms with E-state index in [1.54, 1.807) is 12.5 Å². The van der Waals surface area contributed by atoms with Gasteiger partial charge in [0, 0.05) is 44.0 Å². The number of benzene rings is 1. The Morgan fingerprint density at radius 1 is 1.31 bits per heavy atom. The number of hydrogen-bond acceptors (Lipinski definition) is 6. The van der Waals surface area contributed by atoms with Gasteiger partial charge in [-0.15, -0.1) is 0 Å². The highest BCUT2D eigenvalue weighted by atomic mass is 16.5. The number of likely N-dealkylation sites (tertiary alicyclic amines) is 1. The molecular weight excluding hydrogens is 370 g/mol. The van der Waals surface area contributed by atoms with Gasteiger partial charge < -0.3 is 23.9 Å². The molecule has 1 aromatic heterocycles. The summed E-state index contributed by atoms with van der Waals surface area (Å²) in [5, 5.41) is 9.99. The number of rotatable bonds is 9. The van der Waals surface area contributed by atoms with Crippen LogP contribution in [0.4, 0.5) is 0 Å². The van der Waals surface area contributed by atoms with Gasteiger partial charge in [-0.05, 0) is 37.0 Å². The monoisotopic (exact) mass is 401 g/mol. The van der Waals surface area contributed by atoms with Crippen molar-refractivity contribution in [2.24, 2.45) is 11.3 Å². The summed E-state index contributed by atoms with van der Waals surface area (Å²) >= 11 is 0. The first-order valence-corrected chi connectivity index (χ1v) is 10.5. The molecule has 2 aromatic rings. The topological polar surface area (TPSA) is 69.0 Å². The first-order valence-electron chi connectivity index (χ1n) is 10.5. The molecule has 7 nitrogen and oxygen atoms in total. The van der Waals surface area contributed by atoms with E-state index in [1.807, 2.05) is 23.8 Å². The van der Waals surface area contributed by atoms with Crippen molar-refractivity contribution in [3.8, 4) is 11.5 Å². The highest BCUT2D eigenvalue weighted by Crippen LogP contribution is 2.41. The van der Waals surface area contributed by atoms with Gasteiger partial charge in [0.1, 0.15) is 6.61 Å². The molecule has 2 atom stereocenters. The van der Waals surface area contributed by atoms with E-state index in [2.05, 4.69) is 22.0 Å². The second kappa shape index (κ2) is 9.15. The molecule has 3 heterocycles. The third kappa shape index (κ3) is 4.57. The van der Waals surface area contributed by atoms with Crippen LogP contribution in [0.25, 0.3) is 0 Å². The fraction of sp³-hybridized carbons (Fsp3) is 0.591. The van der Waals surface area contributed by atoms with Crippen molar-refractivity contribution in [2.45, 2.75) is 26.4 Å². The molecule has 1 aromatic carbocycles. The van der Waals surface area contributed by atoms with Crippen molar-refractivity contribution in [3.63, 3.8) is 0 Å². The molecule has 0 radical (unpaired) electrons. The van der Waals surface area contributed by atoms with Crippen molar-refractivity contribution in [1.29, 1.82) is 0 Å². The van der Waals surface area contributed by atoms with Crippen molar-refractivity contribution in [3.05, 3.63) is 42.5 Å². The van der Waals surface area contributed by atoms with Gasteiger partial charge in [-0.3, -0.25) is 4.90 Å². The summed E-state index contributed by atoms with van der Waals surface area (Å²) in [5.74, 6) is 2.07. The molecular formula is C22H31N3O4. The first-order chi connectivity index (χ1) is 14.2. The van der Waals surface area contributed by atoms with Crippen LogP contribution in [0.5, 0.6) is 11.5 Å². The standard InChI is InChI=1S/C22H31N3O4/c1-2-28-21-11-18(3-4-20(21)29-10-8-24-7-6-23-17-24)12-25-13-19-5-9-27-16-22(19,14-25)15-26/h3-4,6-7,11,17,19,26H,2,5,8-10,12-16H2,1H3/t19-,22+/m0/s1. The summed E-state index contributed by atoms with van der Waals surface area (Å²) in [4.78, 5) is 6.48. The molecule has 2 aliphatic rings. The molecule has 0 spiro atoms. The van der Waals surface area contributed by atoms with Crippen LogP contribution in [-0.4, -0.2) is 65.7 Å². The van der Waals surface area contributed by atoms with E-state index in [4.69, 9.17) is 14.2 Å². The highest BCUT2D eigenvalue weighted by Gasteiger charge is 2.47. The van der Waals surface area contributed by atoms with Crippen LogP contribution in [0.15, 0.2) is 36.9 Å². The Bertz CT molecular complexity index is 782. The number of ether oxygens (including phenoxy) is 3. The van der Waals surface area contributed by atoms with Gasteiger partial charge in [-0.1, -0.05) is 6.07 Å². The largest absolute Gasteiger partial charge is 0.490 e. The third-order valence-electron chi connectivity index (χ3n) is 6.08. The molecule has 4 rings (SSSR count). The lowest BCUT2D eigenvalue weighted by atomic mass is 9.76. The van der Waals surface area contributed by atoms with Gasteiger partial charge in [-0.2, -0.15) is 0 Å². The molecule has 0 unspecified atom stereocenters. The van der Waals surface area contributed by atoms with Crippen molar-refractivity contribution < 1.29 is 19.3 Å². The first kappa shape index (κ1) is 20.2. The van der Waals surface area contributed by atoms with Gasteiger partial charge in [0.15, 0.2) is 11.5 Å². The third-order valence-corrected chi connectivity index (χ3v) is 6.08. The maximum atomic E-state index is 9.99. The molecule has 2 fully saturated rings. The zero-order valence-corrected chi connectivity index (χ0v) is 17.1. The normalized spacial score (nSPS) is 24.4. The molecule has 0 aliphatic carbocycles. The highest BCUT2D eigenvalue weighted by molar-refractivity contribution is 5.43. The van der Waals surface area contributed by atoms with E-state index in [-0.39, 0.29) is 12.0 Å². The fourth-order valence-corrected chi connectivity index (χ4v) is 4.53. The minimum absolute atomic E-state index is 0.0998. The number of aliphatic hydroxyl groups excluding tert-OH is 1. The number of nitrogens with zero attached hydrogens (tertiary/aromatic N) is 3. The molecule has 2 aliphatic heterocycles. The number of aromatic nitrogens is 2. The van der Waals surface area contributed by atoms with Crippen LogP contribution >= 0.6 is 0 Å². The summed E-state index contributed by atoms with van der Waals surface area (Å²) in [6, 6.07) is 6.20. The van der Waals surface area contributed by atoms with Gasteiger partial charge in [0.2, 0.25) is 0 Å². The Balaban J connectivity index is 1.39. The van der Waals surface area contributed by atoms with Crippen LogP contribution in [0.1, 0.15) is 18.9 Å². The van der Waals surface area contributed by atoms with Crippen LogP contribution in [-0.2, 0) is 17.8 Å². The molecule has 7 heteroatoms. The smallest absolute Gasteiger partial charge is 0.161 e. The molecule has 0 amide bonds. The number of aliphatic hydroxyl groups is 1. The Kier molecular flexibility index (Phi) is 6.37. The molecule has 2 saturated heterocycles. The van der Waals surface area contributed by atoms with E-state index in [0.29, 0.717) is 25.7 Å². The maximum Gasteiger partial charge on any atom is 0.161 e. The van der Waals surface area contributed by atoms with Gasteiger partial charge in [-0.25, -0.2) is 4.98 Å². The zero-order chi connectivity index (χ0) is 20.1. The summed E-state index contributed by atoms with van der Waals surface area (Å²) in [5.41, 5.74) is 1.10. The second-order valence-electron chi connectivity index (χ2n) is 8.09. The molecule has 1 N–H and O–H groups in total. The van der Waals surface area contributed by atoms with E-state index in [9.17, 15) is 5.11 Å². The molecule has 158 valence electrons. The Labute approximate surface area is 172 Å². The number of hydrogen-bond donors (Lipinski definition) is 1. The van der Waals surface area contributed by atoms with E-state index < -0.39 is 0 Å². The van der Waals surface area contributed by atoms with Crippen LogP contribution in [0, 0.1) is 11.3 Å². The van der Waals surface area contributed by atoms with Gasteiger partial charge in [0.05, 0.1) is 32.7 Å². The molecule has 0 saturated carbocycles. The lowest BCUT2D eigenvalue weighted by Crippen LogP contribution is -2.42. The second-order valence-corrected chi connectivity index (χ2v) is 8.09. The fourth-order valence-electron chi connectivity index (χ4n) is 4.53. The van der Waals surface area contributed by atoms with Crippen molar-refractivity contribution >= 4 is 0 Å². The summed E-state index contributed by atoms with van der Waals surface area (Å²) in [6.07, 6.45) is 6.51. The van der Waals surface area contributed by atoms with Crippen LogP contribution < -0.4 is 9.47 Å². The Morgan fingerprint density at radius 3 is 3.00 bits per heavy atom. The van der Waals surface area contributed by atoms with Gasteiger partial charge >= 0.3 is 0 Å². The summed E-state index contributed by atoms with van der Waals surface area (Å²) in [7, 11) is 0. The predicted octanol–water partition coefficient (Wildman–Crippen LogP) is 2.19. The van der Waals surface area contributed by atoms with Crippen LogP contribution in [0.3, 0.4) is 0 Å².